The Labute approximate surface area is 170 Å². The van der Waals surface area contributed by atoms with E-state index < -0.39 is 23.9 Å². The summed E-state index contributed by atoms with van der Waals surface area (Å²) in [6.45, 7) is 4.04. The molecule has 0 bridgehead atoms. The van der Waals surface area contributed by atoms with Crippen molar-refractivity contribution in [3.8, 4) is 11.1 Å². The van der Waals surface area contributed by atoms with E-state index in [1.54, 1.807) is 6.92 Å². The van der Waals surface area contributed by atoms with Gasteiger partial charge in [0.2, 0.25) is 5.91 Å². The van der Waals surface area contributed by atoms with Crippen molar-refractivity contribution in [2.24, 2.45) is 0 Å². The van der Waals surface area contributed by atoms with Crippen LogP contribution in [0.15, 0.2) is 48.5 Å². The molecule has 6 nitrogen and oxygen atoms in total. The largest absolute Gasteiger partial charge is 0.481 e. The van der Waals surface area contributed by atoms with E-state index in [1.807, 2.05) is 49.4 Å². The van der Waals surface area contributed by atoms with Crippen molar-refractivity contribution >= 4 is 17.8 Å². The number of rotatable bonds is 10. The SMILES string of the molecule is CCOC(=O)C[C@@H](Cc1ccc(-c2cccc(C)c2)cc1)NC(=O)CCC(=O)O. The number of carboxylic acid groups (broad SMARTS) is 1. The Morgan fingerprint density at radius 3 is 2.38 bits per heavy atom. The van der Waals surface area contributed by atoms with E-state index in [1.165, 1.54) is 5.56 Å². The average molecular weight is 397 g/mol. The number of nitrogens with one attached hydrogen (secondary N) is 1. The maximum atomic E-state index is 12.0. The fourth-order valence-corrected chi connectivity index (χ4v) is 3.06. The van der Waals surface area contributed by atoms with Crippen LogP contribution >= 0.6 is 0 Å². The molecule has 0 unspecified atom stereocenters. The number of esters is 1. The molecule has 1 amide bonds. The lowest BCUT2D eigenvalue weighted by Crippen LogP contribution is -2.38. The van der Waals surface area contributed by atoms with E-state index in [-0.39, 0.29) is 25.9 Å². The van der Waals surface area contributed by atoms with E-state index in [2.05, 4.69) is 11.4 Å². The van der Waals surface area contributed by atoms with Gasteiger partial charge in [-0.2, -0.15) is 0 Å². The number of carbonyl (C=O) groups excluding carboxylic acids is 2. The summed E-state index contributed by atoms with van der Waals surface area (Å²) in [5, 5.41) is 11.5. The van der Waals surface area contributed by atoms with E-state index in [0.717, 1.165) is 16.7 Å². The van der Waals surface area contributed by atoms with Gasteiger partial charge in [-0.15, -0.1) is 0 Å². The summed E-state index contributed by atoms with van der Waals surface area (Å²) < 4.78 is 4.99. The minimum Gasteiger partial charge on any atom is -0.481 e. The summed E-state index contributed by atoms with van der Waals surface area (Å²) in [7, 11) is 0. The molecule has 2 aromatic carbocycles. The van der Waals surface area contributed by atoms with Crippen LogP contribution in [0.5, 0.6) is 0 Å². The Morgan fingerprint density at radius 1 is 1.03 bits per heavy atom. The van der Waals surface area contributed by atoms with Crippen molar-refractivity contribution in [3.63, 3.8) is 0 Å². The molecule has 0 saturated carbocycles. The molecule has 1 atom stereocenters. The second-order valence-electron chi connectivity index (χ2n) is 6.94. The van der Waals surface area contributed by atoms with Crippen molar-refractivity contribution in [2.75, 3.05) is 6.61 Å². The molecule has 0 aliphatic heterocycles. The zero-order valence-electron chi connectivity index (χ0n) is 16.8. The number of hydrogen-bond donors (Lipinski definition) is 2. The smallest absolute Gasteiger partial charge is 0.307 e. The van der Waals surface area contributed by atoms with E-state index in [9.17, 15) is 14.4 Å². The Kier molecular flexibility index (Phi) is 8.40. The summed E-state index contributed by atoms with van der Waals surface area (Å²) >= 11 is 0. The van der Waals surface area contributed by atoms with Crippen LogP contribution in [0, 0.1) is 6.92 Å². The summed E-state index contributed by atoms with van der Waals surface area (Å²) in [6, 6.07) is 15.7. The van der Waals surface area contributed by atoms with Gasteiger partial charge in [-0.25, -0.2) is 0 Å². The Balaban J connectivity index is 2.07. The third kappa shape index (κ3) is 7.78. The molecule has 2 aromatic rings. The summed E-state index contributed by atoms with van der Waals surface area (Å²) in [5.41, 5.74) is 4.37. The number of aliphatic carboxylic acids is 1. The van der Waals surface area contributed by atoms with Crippen molar-refractivity contribution in [3.05, 3.63) is 59.7 Å². The molecular formula is C23H27NO5. The molecule has 0 aromatic heterocycles. The highest BCUT2D eigenvalue weighted by molar-refractivity contribution is 5.81. The molecule has 2 rings (SSSR count). The van der Waals surface area contributed by atoms with Crippen LogP contribution in [0.25, 0.3) is 11.1 Å². The predicted octanol–water partition coefficient (Wildman–Crippen LogP) is 3.51. The molecule has 6 heteroatoms. The maximum Gasteiger partial charge on any atom is 0.307 e. The van der Waals surface area contributed by atoms with Gasteiger partial charge in [0.15, 0.2) is 0 Å². The molecule has 0 radical (unpaired) electrons. The van der Waals surface area contributed by atoms with Gasteiger partial charge in [-0.1, -0.05) is 54.1 Å². The molecule has 154 valence electrons. The Morgan fingerprint density at radius 2 is 1.76 bits per heavy atom. The lowest BCUT2D eigenvalue weighted by Gasteiger charge is -2.18. The van der Waals surface area contributed by atoms with Gasteiger partial charge in [0.25, 0.3) is 0 Å². The second kappa shape index (κ2) is 11.0. The highest BCUT2D eigenvalue weighted by Crippen LogP contribution is 2.21. The van der Waals surface area contributed by atoms with Gasteiger partial charge in [-0.05, 0) is 37.0 Å². The van der Waals surface area contributed by atoms with Crippen LogP contribution in [0.4, 0.5) is 0 Å². The molecule has 0 saturated heterocycles. The first kappa shape index (κ1) is 22.1. The van der Waals surface area contributed by atoms with Crippen LogP contribution < -0.4 is 5.32 Å². The number of carboxylic acids is 1. The number of carbonyl (C=O) groups is 3. The van der Waals surface area contributed by atoms with Crippen LogP contribution in [0.2, 0.25) is 0 Å². The topological polar surface area (TPSA) is 92.7 Å². The first-order chi connectivity index (χ1) is 13.9. The minimum atomic E-state index is -1.03. The van der Waals surface area contributed by atoms with E-state index in [4.69, 9.17) is 9.84 Å². The highest BCUT2D eigenvalue weighted by atomic mass is 16.5. The predicted molar refractivity (Wildman–Crippen MR) is 110 cm³/mol. The van der Waals surface area contributed by atoms with Gasteiger partial charge >= 0.3 is 11.9 Å². The Bertz CT molecular complexity index is 845. The summed E-state index contributed by atoms with van der Waals surface area (Å²) in [6.07, 6.45) is 0.113. The zero-order valence-corrected chi connectivity index (χ0v) is 16.8. The first-order valence-electron chi connectivity index (χ1n) is 9.70. The fraction of sp³-hybridized carbons (Fsp3) is 0.348. The minimum absolute atomic E-state index is 0.0340. The summed E-state index contributed by atoms with van der Waals surface area (Å²) in [5.74, 6) is -1.82. The lowest BCUT2D eigenvalue weighted by atomic mass is 9.98. The van der Waals surface area contributed by atoms with Crippen molar-refractivity contribution in [2.45, 2.75) is 45.6 Å². The molecule has 0 aliphatic carbocycles. The number of ether oxygens (including phenoxy) is 1. The highest BCUT2D eigenvalue weighted by Gasteiger charge is 2.18. The monoisotopic (exact) mass is 397 g/mol. The van der Waals surface area contributed by atoms with Gasteiger partial charge in [0.1, 0.15) is 0 Å². The van der Waals surface area contributed by atoms with Gasteiger partial charge in [0, 0.05) is 12.5 Å². The van der Waals surface area contributed by atoms with Gasteiger partial charge < -0.3 is 15.2 Å². The number of hydrogen-bond acceptors (Lipinski definition) is 4. The molecule has 0 fully saturated rings. The lowest BCUT2D eigenvalue weighted by molar-refractivity contribution is -0.144. The standard InChI is InChI=1S/C23H27NO5/c1-3-29-23(28)15-20(24-21(25)11-12-22(26)27)14-17-7-9-18(10-8-17)19-6-4-5-16(2)13-19/h4-10,13,20H,3,11-12,14-15H2,1-2H3,(H,24,25)(H,26,27)/t20-/m1/s1. The zero-order chi connectivity index (χ0) is 21.2. The molecule has 0 heterocycles. The second-order valence-corrected chi connectivity index (χ2v) is 6.94. The molecular weight excluding hydrogens is 370 g/mol. The van der Waals surface area contributed by atoms with Crippen molar-refractivity contribution < 1.29 is 24.2 Å². The number of amides is 1. The van der Waals surface area contributed by atoms with Crippen LogP contribution in [-0.4, -0.2) is 35.6 Å². The molecule has 0 aliphatic rings. The summed E-state index contributed by atoms with van der Waals surface area (Å²) in [4.78, 5) is 34.6. The first-order valence-corrected chi connectivity index (χ1v) is 9.70. The average Bonchev–Trinajstić information content (AvgIpc) is 2.67. The van der Waals surface area contributed by atoms with Crippen LogP contribution in [0.1, 0.15) is 37.3 Å². The number of aryl methyl sites for hydroxylation is 1. The van der Waals surface area contributed by atoms with E-state index >= 15 is 0 Å². The Hall–Kier alpha value is -3.15. The normalized spacial score (nSPS) is 11.5. The molecule has 2 N–H and O–H groups in total. The molecule has 0 spiro atoms. The van der Waals surface area contributed by atoms with Crippen molar-refractivity contribution in [1.82, 2.24) is 5.32 Å². The van der Waals surface area contributed by atoms with Crippen LogP contribution in [0.3, 0.4) is 0 Å². The van der Waals surface area contributed by atoms with Gasteiger partial charge in [-0.3, -0.25) is 14.4 Å². The number of benzene rings is 2. The van der Waals surface area contributed by atoms with E-state index in [0.29, 0.717) is 6.42 Å². The van der Waals surface area contributed by atoms with Crippen molar-refractivity contribution in [1.29, 1.82) is 0 Å². The third-order valence-electron chi connectivity index (χ3n) is 4.44. The molecule has 29 heavy (non-hydrogen) atoms. The van der Waals surface area contributed by atoms with Crippen LogP contribution in [-0.2, 0) is 25.5 Å². The fourth-order valence-electron chi connectivity index (χ4n) is 3.06. The third-order valence-corrected chi connectivity index (χ3v) is 4.44. The quantitative estimate of drug-likeness (QED) is 0.599. The maximum absolute atomic E-state index is 12.0. The van der Waals surface area contributed by atoms with Gasteiger partial charge in [0.05, 0.1) is 19.4 Å².